The fourth-order valence-electron chi connectivity index (χ4n) is 1.99. The van der Waals surface area contributed by atoms with Crippen LogP contribution < -0.4 is 5.73 Å². The highest BCUT2D eigenvalue weighted by Crippen LogP contribution is 2.33. The molecule has 0 aromatic carbocycles. The number of fused-ring (bicyclic) bond motifs is 2. The lowest BCUT2D eigenvalue weighted by Gasteiger charge is -2.19. The maximum atomic E-state index is 5.84. The highest BCUT2D eigenvalue weighted by atomic mass is 16.5. The predicted molar refractivity (Wildman–Crippen MR) is 35.0 cm³/mol. The first-order valence-electron chi connectivity index (χ1n) is 3.69. The molecule has 3 atom stereocenters. The van der Waals surface area contributed by atoms with E-state index >= 15 is 0 Å². The minimum atomic E-state index is 0.442. The molecule has 2 fully saturated rings. The topological polar surface area (TPSA) is 35.2 Å². The zero-order chi connectivity index (χ0) is 6.27. The van der Waals surface area contributed by atoms with Gasteiger partial charge in [0.1, 0.15) is 0 Å². The van der Waals surface area contributed by atoms with E-state index in [4.69, 9.17) is 10.5 Å². The quantitative estimate of drug-likeness (QED) is 0.510. The van der Waals surface area contributed by atoms with E-state index in [2.05, 4.69) is 0 Å². The Morgan fingerprint density at radius 3 is 2.78 bits per heavy atom. The van der Waals surface area contributed by atoms with E-state index in [0.29, 0.717) is 12.0 Å². The van der Waals surface area contributed by atoms with Crippen molar-refractivity contribution in [3.8, 4) is 0 Å². The number of nitrogens with two attached hydrogens (primary N) is 1. The van der Waals surface area contributed by atoms with E-state index in [0.717, 1.165) is 19.1 Å². The van der Waals surface area contributed by atoms with Crippen LogP contribution in [0.15, 0.2) is 0 Å². The second-order valence-corrected chi connectivity index (χ2v) is 3.30. The summed E-state index contributed by atoms with van der Waals surface area (Å²) in [6.45, 7) is 1.88. The molecule has 0 spiro atoms. The molecule has 1 heterocycles. The fourth-order valence-corrected chi connectivity index (χ4v) is 1.99. The average Bonchev–Trinajstić information content (AvgIpc) is 2.09. The zero-order valence-electron chi connectivity index (χ0n) is 5.55. The molecule has 1 saturated heterocycles. The van der Waals surface area contributed by atoms with Crippen LogP contribution in [0.2, 0.25) is 0 Å². The minimum Gasteiger partial charge on any atom is -0.381 e. The van der Waals surface area contributed by atoms with Gasteiger partial charge >= 0.3 is 0 Å². The number of hydrogen-bond acceptors (Lipinski definition) is 2. The number of rotatable bonds is 0. The summed E-state index contributed by atoms with van der Waals surface area (Å²) in [7, 11) is 0. The smallest absolute Gasteiger partial charge is 0.0509 e. The Balaban J connectivity index is 2.07. The first kappa shape index (κ1) is 5.69. The van der Waals surface area contributed by atoms with Crippen LogP contribution in [0, 0.1) is 11.8 Å². The Hall–Kier alpha value is -0.0800. The van der Waals surface area contributed by atoms with Gasteiger partial charge in [-0.1, -0.05) is 0 Å². The molecule has 3 unspecified atom stereocenters. The molecule has 0 aromatic rings. The lowest BCUT2D eigenvalue weighted by Crippen LogP contribution is -2.27. The molecule has 9 heavy (non-hydrogen) atoms. The maximum absolute atomic E-state index is 5.84. The number of ether oxygens (including phenoxy) is 1. The first-order chi connectivity index (χ1) is 4.36. The van der Waals surface area contributed by atoms with Crippen molar-refractivity contribution in [1.82, 2.24) is 0 Å². The summed E-state index contributed by atoms with van der Waals surface area (Å²) >= 11 is 0. The molecule has 2 nitrogen and oxygen atoms in total. The van der Waals surface area contributed by atoms with Crippen LogP contribution in [0.3, 0.4) is 0 Å². The van der Waals surface area contributed by atoms with Crippen molar-refractivity contribution in [2.45, 2.75) is 18.9 Å². The van der Waals surface area contributed by atoms with Gasteiger partial charge in [-0.15, -0.1) is 0 Å². The third-order valence-electron chi connectivity index (χ3n) is 2.53. The minimum absolute atomic E-state index is 0.442. The van der Waals surface area contributed by atoms with E-state index in [1.807, 2.05) is 0 Å². The summed E-state index contributed by atoms with van der Waals surface area (Å²) in [4.78, 5) is 0. The molecule has 2 heteroatoms. The molecule has 1 saturated carbocycles. The summed E-state index contributed by atoms with van der Waals surface area (Å²) in [6.07, 6.45) is 2.52. The van der Waals surface area contributed by atoms with Gasteiger partial charge in [0.05, 0.1) is 6.61 Å². The van der Waals surface area contributed by atoms with Gasteiger partial charge in [0.2, 0.25) is 0 Å². The first-order valence-corrected chi connectivity index (χ1v) is 3.69. The van der Waals surface area contributed by atoms with Crippen molar-refractivity contribution in [3.63, 3.8) is 0 Å². The Labute approximate surface area is 55.4 Å². The highest BCUT2D eigenvalue weighted by molar-refractivity contribution is 4.88. The largest absolute Gasteiger partial charge is 0.381 e. The fraction of sp³-hybridized carbons (Fsp3) is 1.00. The molecule has 0 amide bonds. The van der Waals surface area contributed by atoms with Gasteiger partial charge in [0, 0.05) is 12.6 Å². The van der Waals surface area contributed by atoms with Crippen LogP contribution in [0.4, 0.5) is 0 Å². The van der Waals surface area contributed by atoms with Crippen LogP contribution in [0.25, 0.3) is 0 Å². The van der Waals surface area contributed by atoms with Crippen molar-refractivity contribution in [3.05, 3.63) is 0 Å². The Kier molecular flexibility index (Phi) is 1.24. The van der Waals surface area contributed by atoms with Crippen LogP contribution in [0.5, 0.6) is 0 Å². The van der Waals surface area contributed by atoms with Gasteiger partial charge in [-0.05, 0) is 24.7 Å². The molecule has 2 bridgehead atoms. The molecule has 2 rings (SSSR count). The Morgan fingerprint density at radius 1 is 1.22 bits per heavy atom. The van der Waals surface area contributed by atoms with Crippen molar-refractivity contribution in [2.24, 2.45) is 17.6 Å². The molecular weight excluding hydrogens is 114 g/mol. The van der Waals surface area contributed by atoms with Crippen molar-refractivity contribution in [1.29, 1.82) is 0 Å². The van der Waals surface area contributed by atoms with Gasteiger partial charge in [0.15, 0.2) is 0 Å². The zero-order valence-corrected chi connectivity index (χ0v) is 5.55. The molecule has 52 valence electrons. The summed E-state index contributed by atoms with van der Waals surface area (Å²) in [5.41, 5.74) is 5.84. The van der Waals surface area contributed by atoms with Crippen molar-refractivity contribution < 1.29 is 4.74 Å². The van der Waals surface area contributed by atoms with E-state index in [-0.39, 0.29) is 0 Å². The summed E-state index contributed by atoms with van der Waals surface area (Å²) < 4.78 is 5.35. The molecule has 1 aliphatic heterocycles. The van der Waals surface area contributed by atoms with Gasteiger partial charge in [0.25, 0.3) is 0 Å². The average molecular weight is 127 g/mol. The van der Waals surface area contributed by atoms with Crippen LogP contribution in [-0.2, 0) is 4.74 Å². The Bertz CT molecular complexity index is 113. The molecule has 2 N–H and O–H groups in total. The van der Waals surface area contributed by atoms with Crippen molar-refractivity contribution in [2.75, 3.05) is 13.2 Å². The van der Waals surface area contributed by atoms with E-state index in [1.54, 1.807) is 0 Å². The normalized spacial score (nSPS) is 49.7. The molecule has 0 radical (unpaired) electrons. The Morgan fingerprint density at radius 2 is 2.11 bits per heavy atom. The van der Waals surface area contributed by atoms with Gasteiger partial charge in [-0.25, -0.2) is 0 Å². The SMILES string of the molecule is NC1CC2COCC1C2. The molecule has 2 aliphatic rings. The molecule has 0 aromatic heterocycles. The summed E-state index contributed by atoms with van der Waals surface area (Å²) in [5, 5.41) is 0. The second kappa shape index (κ2) is 1.96. The van der Waals surface area contributed by atoms with Crippen molar-refractivity contribution >= 4 is 0 Å². The third kappa shape index (κ3) is 0.864. The van der Waals surface area contributed by atoms with Gasteiger partial charge < -0.3 is 10.5 Å². The monoisotopic (exact) mass is 127 g/mol. The lowest BCUT2D eigenvalue weighted by atomic mass is 10.0. The van der Waals surface area contributed by atoms with E-state index in [1.165, 1.54) is 12.8 Å². The second-order valence-electron chi connectivity index (χ2n) is 3.30. The van der Waals surface area contributed by atoms with E-state index in [9.17, 15) is 0 Å². The third-order valence-corrected chi connectivity index (χ3v) is 2.53. The van der Waals surface area contributed by atoms with Crippen LogP contribution >= 0.6 is 0 Å². The maximum Gasteiger partial charge on any atom is 0.0509 e. The summed E-state index contributed by atoms with van der Waals surface area (Å²) in [6, 6.07) is 0.442. The highest BCUT2D eigenvalue weighted by Gasteiger charge is 2.35. The number of hydrogen-bond donors (Lipinski definition) is 1. The van der Waals surface area contributed by atoms with Gasteiger partial charge in [-0.3, -0.25) is 0 Å². The predicted octanol–water partition coefficient (Wildman–Crippen LogP) is 0.370. The summed E-state index contributed by atoms with van der Waals surface area (Å²) in [5.74, 6) is 1.47. The standard InChI is InChI=1S/C7H13NO/c8-7-2-5-1-6(7)4-9-3-5/h5-7H,1-4,8H2. The molecular formula is C7H13NO. The van der Waals surface area contributed by atoms with Gasteiger partial charge in [-0.2, -0.15) is 0 Å². The lowest BCUT2D eigenvalue weighted by molar-refractivity contribution is 0.0459. The van der Waals surface area contributed by atoms with E-state index < -0.39 is 0 Å². The van der Waals surface area contributed by atoms with Crippen LogP contribution in [0.1, 0.15) is 12.8 Å². The molecule has 1 aliphatic carbocycles. The van der Waals surface area contributed by atoms with Crippen LogP contribution in [-0.4, -0.2) is 19.3 Å².